The van der Waals surface area contributed by atoms with Crippen LogP contribution in [0.5, 0.6) is 5.75 Å². The average molecular weight is 360 g/mol. The van der Waals surface area contributed by atoms with Gasteiger partial charge >= 0.3 is 0 Å². The molecular weight excluding hydrogens is 340 g/mol. The molecule has 6 nitrogen and oxygen atoms in total. The molecule has 0 aliphatic carbocycles. The van der Waals surface area contributed by atoms with Crippen molar-refractivity contribution in [2.75, 3.05) is 6.61 Å². The van der Waals surface area contributed by atoms with Crippen molar-refractivity contribution in [1.82, 2.24) is 14.8 Å². The molecule has 1 atom stereocenters. The van der Waals surface area contributed by atoms with Gasteiger partial charge in [0.15, 0.2) is 17.5 Å². The molecule has 4 rings (SSSR count). The summed E-state index contributed by atoms with van der Waals surface area (Å²) in [5.41, 5.74) is 0. The molecule has 2 heterocycles. The van der Waals surface area contributed by atoms with E-state index in [0.717, 1.165) is 48.8 Å². The van der Waals surface area contributed by atoms with Gasteiger partial charge in [0.1, 0.15) is 18.2 Å². The fourth-order valence-corrected chi connectivity index (χ4v) is 3.55. The standard InChI is InChI=1S/C21H20N4O2/c22-13-17(21-24-23-20-11-2-1-5-12-25(20)21)18(26)14-27-19-10-6-8-15-7-3-4-9-16(15)19/h3-4,6-10,17H,1-2,5,11-12,14H2/t17-/m0/s1. The number of nitriles is 1. The van der Waals surface area contributed by atoms with Gasteiger partial charge in [0, 0.05) is 18.4 Å². The Labute approximate surface area is 157 Å². The number of hydrogen-bond donors (Lipinski definition) is 0. The Kier molecular flexibility index (Phi) is 4.84. The third-order valence-corrected chi connectivity index (χ3v) is 4.97. The highest BCUT2D eigenvalue weighted by atomic mass is 16.5. The highest BCUT2D eigenvalue weighted by Gasteiger charge is 2.28. The fraction of sp³-hybridized carbons (Fsp3) is 0.333. The zero-order valence-electron chi connectivity index (χ0n) is 15.0. The molecule has 3 aromatic rings. The van der Waals surface area contributed by atoms with Gasteiger partial charge < -0.3 is 9.30 Å². The van der Waals surface area contributed by atoms with E-state index in [4.69, 9.17) is 4.74 Å². The Hall–Kier alpha value is -3.20. The van der Waals surface area contributed by atoms with Crippen molar-refractivity contribution in [3.8, 4) is 11.8 Å². The maximum atomic E-state index is 12.7. The minimum Gasteiger partial charge on any atom is -0.485 e. The quantitative estimate of drug-likeness (QED) is 0.696. The molecule has 1 aliphatic heterocycles. The Morgan fingerprint density at radius 1 is 1.15 bits per heavy atom. The van der Waals surface area contributed by atoms with Crippen molar-refractivity contribution < 1.29 is 9.53 Å². The Morgan fingerprint density at radius 2 is 2.00 bits per heavy atom. The Morgan fingerprint density at radius 3 is 2.89 bits per heavy atom. The van der Waals surface area contributed by atoms with Crippen molar-refractivity contribution in [2.24, 2.45) is 0 Å². The predicted octanol–water partition coefficient (Wildman–Crippen LogP) is 3.41. The molecule has 0 amide bonds. The predicted molar refractivity (Wildman–Crippen MR) is 100 cm³/mol. The van der Waals surface area contributed by atoms with E-state index in [1.54, 1.807) is 0 Å². The second kappa shape index (κ2) is 7.58. The first-order valence-electron chi connectivity index (χ1n) is 9.23. The van der Waals surface area contributed by atoms with Gasteiger partial charge in [0.25, 0.3) is 0 Å². The first kappa shape index (κ1) is 17.2. The van der Waals surface area contributed by atoms with Crippen LogP contribution in [-0.4, -0.2) is 27.2 Å². The van der Waals surface area contributed by atoms with Crippen molar-refractivity contribution in [2.45, 2.75) is 38.1 Å². The summed E-state index contributed by atoms with van der Waals surface area (Å²) in [5, 5.41) is 19.9. The van der Waals surface area contributed by atoms with Crippen molar-refractivity contribution >= 4 is 16.6 Å². The third-order valence-electron chi connectivity index (χ3n) is 4.97. The number of ether oxygens (including phenoxy) is 1. The number of fused-ring (bicyclic) bond motifs is 2. The zero-order chi connectivity index (χ0) is 18.6. The lowest BCUT2D eigenvalue weighted by molar-refractivity contribution is -0.121. The largest absolute Gasteiger partial charge is 0.485 e. The van der Waals surface area contributed by atoms with E-state index in [9.17, 15) is 10.1 Å². The molecule has 27 heavy (non-hydrogen) atoms. The van der Waals surface area contributed by atoms with Crippen LogP contribution in [0, 0.1) is 11.3 Å². The molecule has 0 bridgehead atoms. The molecule has 0 saturated heterocycles. The molecule has 1 aliphatic rings. The van der Waals surface area contributed by atoms with Gasteiger partial charge in [-0.15, -0.1) is 10.2 Å². The molecular formula is C21H20N4O2. The summed E-state index contributed by atoms with van der Waals surface area (Å²) >= 11 is 0. The van der Waals surface area contributed by atoms with E-state index in [0.29, 0.717) is 11.6 Å². The van der Waals surface area contributed by atoms with Crippen LogP contribution < -0.4 is 4.74 Å². The molecule has 0 spiro atoms. The molecule has 0 unspecified atom stereocenters. The van der Waals surface area contributed by atoms with Crippen molar-refractivity contribution in [3.63, 3.8) is 0 Å². The first-order valence-corrected chi connectivity index (χ1v) is 9.23. The van der Waals surface area contributed by atoms with Gasteiger partial charge in [0.05, 0.1) is 6.07 Å². The van der Waals surface area contributed by atoms with Crippen LogP contribution in [0.3, 0.4) is 0 Å². The van der Waals surface area contributed by atoms with Crippen LogP contribution in [0.1, 0.15) is 36.8 Å². The number of nitrogens with zero attached hydrogens (tertiary/aromatic N) is 4. The van der Waals surface area contributed by atoms with E-state index in [-0.39, 0.29) is 12.4 Å². The molecule has 0 saturated carbocycles. The number of hydrogen-bond acceptors (Lipinski definition) is 5. The van der Waals surface area contributed by atoms with Crippen LogP contribution >= 0.6 is 0 Å². The first-order chi connectivity index (χ1) is 13.3. The number of carbonyl (C=O) groups excluding carboxylic acids is 1. The number of rotatable bonds is 5. The molecule has 0 N–H and O–H groups in total. The van der Waals surface area contributed by atoms with Crippen LogP contribution in [0.2, 0.25) is 0 Å². The maximum Gasteiger partial charge on any atom is 0.195 e. The van der Waals surface area contributed by atoms with Crippen LogP contribution in [-0.2, 0) is 17.8 Å². The van der Waals surface area contributed by atoms with Crippen LogP contribution in [0.25, 0.3) is 10.8 Å². The van der Waals surface area contributed by atoms with Gasteiger partial charge in [0.2, 0.25) is 0 Å². The summed E-state index contributed by atoms with van der Waals surface area (Å²) in [6.07, 6.45) is 4.04. The second-order valence-corrected chi connectivity index (χ2v) is 6.73. The molecule has 0 radical (unpaired) electrons. The average Bonchev–Trinajstić information content (AvgIpc) is 2.94. The van der Waals surface area contributed by atoms with Gasteiger partial charge in [-0.25, -0.2) is 0 Å². The number of Topliss-reactive ketones (excluding diaryl/α,β-unsaturated/α-hetero) is 1. The molecule has 0 fully saturated rings. The van der Waals surface area contributed by atoms with E-state index in [2.05, 4.69) is 16.3 Å². The SMILES string of the molecule is N#C[C@@H](C(=O)COc1cccc2ccccc12)c1nnc2n1CCCCC2. The Bertz CT molecular complexity index is 1010. The monoisotopic (exact) mass is 360 g/mol. The van der Waals surface area contributed by atoms with Crippen LogP contribution in [0.15, 0.2) is 42.5 Å². The third kappa shape index (κ3) is 3.41. The molecule has 2 aromatic carbocycles. The molecule has 6 heteroatoms. The minimum atomic E-state index is -0.959. The molecule has 1 aromatic heterocycles. The minimum absolute atomic E-state index is 0.172. The second-order valence-electron chi connectivity index (χ2n) is 6.73. The number of aromatic nitrogens is 3. The lowest BCUT2D eigenvalue weighted by Gasteiger charge is -2.12. The van der Waals surface area contributed by atoms with Gasteiger partial charge in [-0.1, -0.05) is 42.8 Å². The number of aryl methyl sites for hydroxylation is 1. The smallest absolute Gasteiger partial charge is 0.195 e. The van der Waals surface area contributed by atoms with Gasteiger partial charge in [-0.2, -0.15) is 5.26 Å². The molecule has 136 valence electrons. The van der Waals surface area contributed by atoms with Gasteiger partial charge in [-0.3, -0.25) is 4.79 Å². The highest BCUT2D eigenvalue weighted by Crippen LogP contribution is 2.26. The topological polar surface area (TPSA) is 80.8 Å². The maximum absolute atomic E-state index is 12.7. The lowest BCUT2D eigenvalue weighted by Crippen LogP contribution is -2.22. The highest BCUT2D eigenvalue weighted by molar-refractivity contribution is 5.91. The van der Waals surface area contributed by atoms with Crippen molar-refractivity contribution in [3.05, 3.63) is 54.1 Å². The van der Waals surface area contributed by atoms with E-state index >= 15 is 0 Å². The van der Waals surface area contributed by atoms with Gasteiger partial charge in [-0.05, 0) is 24.3 Å². The Balaban J connectivity index is 1.53. The fourth-order valence-electron chi connectivity index (χ4n) is 3.55. The van der Waals surface area contributed by atoms with E-state index in [1.807, 2.05) is 47.0 Å². The summed E-state index contributed by atoms with van der Waals surface area (Å²) in [4.78, 5) is 12.7. The zero-order valence-corrected chi connectivity index (χ0v) is 15.0. The summed E-state index contributed by atoms with van der Waals surface area (Å²) in [6.45, 7) is 0.585. The summed E-state index contributed by atoms with van der Waals surface area (Å²) in [7, 11) is 0. The summed E-state index contributed by atoms with van der Waals surface area (Å²) in [5.74, 6) is 0.689. The summed E-state index contributed by atoms with van der Waals surface area (Å²) in [6, 6.07) is 15.7. The van der Waals surface area contributed by atoms with E-state index < -0.39 is 5.92 Å². The number of benzene rings is 2. The summed E-state index contributed by atoms with van der Waals surface area (Å²) < 4.78 is 7.71. The lowest BCUT2D eigenvalue weighted by atomic mass is 10.1. The van der Waals surface area contributed by atoms with E-state index in [1.165, 1.54) is 0 Å². The normalized spacial score (nSPS) is 14.8. The van der Waals surface area contributed by atoms with Crippen LogP contribution in [0.4, 0.5) is 0 Å². The number of ketones is 1. The van der Waals surface area contributed by atoms with Crippen molar-refractivity contribution in [1.29, 1.82) is 5.26 Å². The number of carbonyl (C=O) groups is 1.